The van der Waals surface area contributed by atoms with E-state index in [0.29, 0.717) is 26.2 Å². The average Bonchev–Trinajstić information content (AvgIpc) is 2.72. The summed E-state index contributed by atoms with van der Waals surface area (Å²) in [7, 11) is 1.87. The monoisotopic (exact) mass is 398 g/mol. The number of aryl methyl sites for hydroxylation is 1. The fraction of sp³-hybridized carbons (Fsp3) is 0.400. The third-order valence-electron chi connectivity index (χ3n) is 4.96. The van der Waals surface area contributed by atoms with Crippen molar-refractivity contribution < 1.29 is 14.3 Å². The molecule has 9 nitrogen and oxygen atoms in total. The minimum absolute atomic E-state index is 0.137. The summed E-state index contributed by atoms with van der Waals surface area (Å²) in [6.45, 7) is 4.08. The number of anilines is 1. The molecule has 1 aromatic carbocycles. The number of carbonyl (C=O) groups excluding carboxylic acids is 2. The Balaban J connectivity index is 1.53. The molecule has 0 aliphatic carbocycles. The molecule has 29 heavy (non-hydrogen) atoms. The molecule has 0 spiro atoms. The molecule has 1 saturated heterocycles. The van der Waals surface area contributed by atoms with Crippen LogP contribution in [0.15, 0.2) is 36.8 Å². The van der Waals surface area contributed by atoms with Gasteiger partial charge in [0.05, 0.1) is 12.1 Å². The molecule has 1 aliphatic rings. The highest BCUT2D eigenvalue weighted by molar-refractivity contribution is 5.98. The van der Waals surface area contributed by atoms with Crippen molar-refractivity contribution in [1.82, 2.24) is 25.1 Å². The zero-order valence-corrected chi connectivity index (χ0v) is 16.7. The Morgan fingerprint density at radius 3 is 2.86 bits per heavy atom. The summed E-state index contributed by atoms with van der Waals surface area (Å²) in [5, 5.41) is 2.89. The Hall–Kier alpha value is -3.20. The lowest BCUT2D eigenvalue weighted by atomic mass is 10.1. The SMILES string of the molecule is Cc1ccccc1OCCNC(=O)[C@H]1CN(C(=O)c2cncnc2N)CCN1C. The molecule has 1 atom stereocenters. The van der Waals surface area contributed by atoms with Gasteiger partial charge in [-0.25, -0.2) is 9.97 Å². The van der Waals surface area contributed by atoms with Gasteiger partial charge in [0.25, 0.3) is 5.91 Å². The van der Waals surface area contributed by atoms with E-state index in [1.807, 2.05) is 43.1 Å². The van der Waals surface area contributed by atoms with Gasteiger partial charge in [-0.15, -0.1) is 0 Å². The number of para-hydroxylation sites is 1. The van der Waals surface area contributed by atoms with Crippen molar-refractivity contribution in [2.75, 3.05) is 45.6 Å². The predicted molar refractivity (Wildman–Crippen MR) is 108 cm³/mol. The Morgan fingerprint density at radius 1 is 1.31 bits per heavy atom. The second-order valence-corrected chi connectivity index (χ2v) is 6.97. The summed E-state index contributed by atoms with van der Waals surface area (Å²) in [5.41, 5.74) is 7.09. The number of rotatable bonds is 6. The molecule has 1 fully saturated rings. The lowest BCUT2D eigenvalue weighted by Gasteiger charge is -2.38. The fourth-order valence-corrected chi connectivity index (χ4v) is 3.19. The average molecular weight is 398 g/mol. The van der Waals surface area contributed by atoms with Crippen LogP contribution in [0.3, 0.4) is 0 Å². The van der Waals surface area contributed by atoms with Crippen LogP contribution in [-0.4, -0.2) is 77.5 Å². The van der Waals surface area contributed by atoms with Crippen LogP contribution < -0.4 is 15.8 Å². The van der Waals surface area contributed by atoms with Gasteiger partial charge in [-0.3, -0.25) is 14.5 Å². The van der Waals surface area contributed by atoms with Crippen LogP contribution in [0.25, 0.3) is 0 Å². The van der Waals surface area contributed by atoms with Crippen LogP contribution in [0.1, 0.15) is 15.9 Å². The number of aromatic nitrogens is 2. The first-order valence-electron chi connectivity index (χ1n) is 9.48. The number of likely N-dealkylation sites (N-methyl/N-ethyl adjacent to an activating group) is 1. The lowest BCUT2D eigenvalue weighted by Crippen LogP contribution is -2.59. The van der Waals surface area contributed by atoms with Crippen molar-refractivity contribution in [2.45, 2.75) is 13.0 Å². The molecule has 2 amide bonds. The molecule has 0 saturated carbocycles. The maximum Gasteiger partial charge on any atom is 0.259 e. The number of piperazine rings is 1. The maximum absolute atomic E-state index is 12.7. The van der Waals surface area contributed by atoms with Crippen molar-refractivity contribution in [2.24, 2.45) is 0 Å². The van der Waals surface area contributed by atoms with E-state index in [2.05, 4.69) is 15.3 Å². The van der Waals surface area contributed by atoms with E-state index >= 15 is 0 Å². The van der Waals surface area contributed by atoms with Crippen LogP contribution in [0.2, 0.25) is 0 Å². The van der Waals surface area contributed by atoms with Gasteiger partial charge >= 0.3 is 0 Å². The molecular formula is C20H26N6O3. The first-order chi connectivity index (χ1) is 14.0. The normalized spacial score (nSPS) is 17.0. The number of nitrogens with zero attached hydrogens (tertiary/aromatic N) is 4. The third kappa shape index (κ3) is 5.00. The summed E-state index contributed by atoms with van der Waals surface area (Å²) < 4.78 is 5.71. The van der Waals surface area contributed by atoms with Gasteiger partial charge in [-0.2, -0.15) is 0 Å². The topological polar surface area (TPSA) is 114 Å². The van der Waals surface area contributed by atoms with Crippen LogP contribution in [0.4, 0.5) is 5.82 Å². The minimum atomic E-state index is -0.447. The van der Waals surface area contributed by atoms with Crippen molar-refractivity contribution in [1.29, 1.82) is 0 Å². The van der Waals surface area contributed by atoms with Gasteiger partial charge in [0.15, 0.2) is 0 Å². The van der Waals surface area contributed by atoms with Crippen LogP contribution in [0.5, 0.6) is 5.75 Å². The first-order valence-corrected chi connectivity index (χ1v) is 9.48. The van der Waals surface area contributed by atoms with Crippen molar-refractivity contribution >= 4 is 17.6 Å². The number of benzene rings is 1. The van der Waals surface area contributed by atoms with Gasteiger partial charge in [0.2, 0.25) is 5.91 Å². The van der Waals surface area contributed by atoms with E-state index in [9.17, 15) is 9.59 Å². The van der Waals surface area contributed by atoms with Gasteiger partial charge < -0.3 is 20.7 Å². The zero-order valence-electron chi connectivity index (χ0n) is 16.7. The predicted octanol–water partition coefficient (Wildman–Crippen LogP) is 0.319. The summed E-state index contributed by atoms with van der Waals surface area (Å²) in [5.74, 6) is 0.529. The minimum Gasteiger partial charge on any atom is -0.491 e. The molecule has 3 rings (SSSR count). The quantitative estimate of drug-likeness (QED) is 0.674. The number of nitrogens with one attached hydrogen (secondary N) is 1. The van der Waals surface area contributed by atoms with Gasteiger partial charge in [-0.05, 0) is 25.6 Å². The highest BCUT2D eigenvalue weighted by Gasteiger charge is 2.33. The second-order valence-electron chi connectivity index (χ2n) is 6.97. The fourth-order valence-electron chi connectivity index (χ4n) is 3.19. The smallest absolute Gasteiger partial charge is 0.259 e. The van der Waals surface area contributed by atoms with E-state index in [4.69, 9.17) is 10.5 Å². The van der Waals surface area contributed by atoms with Crippen molar-refractivity contribution in [3.8, 4) is 5.75 Å². The van der Waals surface area contributed by atoms with Crippen LogP contribution in [0, 0.1) is 6.92 Å². The number of nitrogen functional groups attached to an aromatic ring is 1. The summed E-state index contributed by atoms with van der Waals surface area (Å²) in [6, 6.07) is 7.28. The molecule has 1 aliphatic heterocycles. The van der Waals surface area contributed by atoms with Gasteiger partial charge in [0, 0.05) is 25.8 Å². The summed E-state index contributed by atoms with van der Waals surface area (Å²) >= 11 is 0. The standard InChI is InChI=1S/C20H26N6O3/c1-14-5-3-4-6-17(14)29-10-7-23-19(27)16-12-26(9-8-25(16)2)20(28)15-11-22-13-24-18(15)21/h3-6,11,13,16H,7-10,12H2,1-2H3,(H,23,27)(H2,21,22,24)/t16-/m1/s1. The molecule has 1 aromatic heterocycles. The zero-order chi connectivity index (χ0) is 20.8. The van der Waals surface area contributed by atoms with Crippen LogP contribution >= 0.6 is 0 Å². The van der Waals surface area contributed by atoms with E-state index in [-0.39, 0.29) is 29.7 Å². The highest BCUT2D eigenvalue weighted by Crippen LogP contribution is 2.16. The number of carbonyl (C=O) groups is 2. The van der Waals surface area contributed by atoms with E-state index < -0.39 is 6.04 Å². The molecule has 154 valence electrons. The molecule has 0 radical (unpaired) electrons. The maximum atomic E-state index is 12.7. The Bertz CT molecular complexity index is 875. The van der Waals surface area contributed by atoms with E-state index in [1.54, 1.807) is 4.90 Å². The first kappa shape index (κ1) is 20.5. The Kier molecular flexibility index (Phi) is 6.61. The van der Waals surface area contributed by atoms with Crippen molar-refractivity contribution in [3.05, 3.63) is 47.9 Å². The van der Waals surface area contributed by atoms with E-state index in [1.165, 1.54) is 12.5 Å². The number of ether oxygens (including phenoxy) is 1. The molecule has 2 aromatic rings. The highest BCUT2D eigenvalue weighted by atomic mass is 16.5. The largest absolute Gasteiger partial charge is 0.491 e. The van der Waals surface area contributed by atoms with Gasteiger partial charge in [-0.1, -0.05) is 18.2 Å². The summed E-state index contributed by atoms with van der Waals surface area (Å²) in [4.78, 5) is 36.7. The second kappa shape index (κ2) is 9.33. The molecule has 0 bridgehead atoms. The van der Waals surface area contributed by atoms with Crippen LogP contribution in [-0.2, 0) is 4.79 Å². The van der Waals surface area contributed by atoms with Crippen molar-refractivity contribution in [3.63, 3.8) is 0 Å². The number of nitrogens with two attached hydrogens (primary N) is 1. The van der Waals surface area contributed by atoms with Gasteiger partial charge in [0.1, 0.15) is 30.5 Å². The third-order valence-corrected chi connectivity index (χ3v) is 4.96. The number of hydrogen-bond donors (Lipinski definition) is 2. The van der Waals surface area contributed by atoms with E-state index in [0.717, 1.165) is 11.3 Å². The Labute approximate surface area is 169 Å². The molecular weight excluding hydrogens is 372 g/mol. The number of hydrogen-bond acceptors (Lipinski definition) is 7. The summed E-state index contributed by atoms with van der Waals surface area (Å²) in [6.07, 6.45) is 2.70. The lowest BCUT2D eigenvalue weighted by molar-refractivity contribution is -0.127. The molecule has 2 heterocycles. The molecule has 3 N–H and O–H groups in total. The number of amides is 2. The molecule has 9 heteroatoms. The molecule has 0 unspecified atom stereocenters. The Morgan fingerprint density at radius 2 is 2.10 bits per heavy atom.